The Labute approximate surface area is 84.4 Å². The zero-order valence-corrected chi connectivity index (χ0v) is 8.96. The fourth-order valence-electron chi connectivity index (χ4n) is 0.845. The van der Waals surface area contributed by atoms with Crippen LogP contribution in [-0.2, 0) is 4.79 Å². The SMILES string of the molecule is CCC(C)CNC(C)C(=O)NC(N)=O. The lowest BCUT2D eigenvalue weighted by atomic mass is 10.1. The highest BCUT2D eigenvalue weighted by Gasteiger charge is 2.13. The van der Waals surface area contributed by atoms with E-state index in [2.05, 4.69) is 19.2 Å². The number of urea groups is 1. The fraction of sp³-hybridized carbons (Fsp3) is 0.778. The van der Waals surface area contributed by atoms with E-state index < -0.39 is 12.1 Å². The number of nitrogens with two attached hydrogens (primary N) is 1. The summed E-state index contributed by atoms with van der Waals surface area (Å²) in [7, 11) is 0. The monoisotopic (exact) mass is 201 g/mol. The second-order valence-corrected chi connectivity index (χ2v) is 3.50. The molecule has 4 N–H and O–H groups in total. The molecule has 0 radical (unpaired) electrons. The molecule has 0 rings (SSSR count). The number of carbonyl (C=O) groups is 2. The first-order valence-electron chi connectivity index (χ1n) is 4.81. The molecule has 3 amide bonds. The molecule has 5 nitrogen and oxygen atoms in total. The first kappa shape index (κ1) is 12.9. The van der Waals surface area contributed by atoms with Crippen molar-refractivity contribution in [1.29, 1.82) is 0 Å². The standard InChI is InChI=1S/C9H19N3O2/c1-4-6(2)5-11-7(3)8(13)12-9(10)14/h6-7,11H,4-5H2,1-3H3,(H3,10,12,13,14). The summed E-state index contributed by atoms with van der Waals surface area (Å²) in [6.45, 7) is 6.62. The van der Waals surface area contributed by atoms with Crippen LogP contribution in [0.3, 0.4) is 0 Å². The zero-order valence-electron chi connectivity index (χ0n) is 8.96. The summed E-state index contributed by atoms with van der Waals surface area (Å²) < 4.78 is 0. The predicted octanol–water partition coefficient (Wildman–Crippen LogP) is 0.206. The molecule has 0 aliphatic heterocycles. The Kier molecular flexibility index (Phi) is 5.87. The molecule has 0 aromatic carbocycles. The van der Waals surface area contributed by atoms with Gasteiger partial charge in [0.2, 0.25) is 5.91 Å². The van der Waals surface area contributed by atoms with Gasteiger partial charge in [-0.2, -0.15) is 0 Å². The Balaban J connectivity index is 3.78. The molecule has 0 bridgehead atoms. The van der Waals surface area contributed by atoms with Crippen molar-refractivity contribution < 1.29 is 9.59 Å². The van der Waals surface area contributed by atoms with Crippen molar-refractivity contribution in [3.8, 4) is 0 Å². The van der Waals surface area contributed by atoms with Gasteiger partial charge in [-0.1, -0.05) is 20.3 Å². The smallest absolute Gasteiger partial charge is 0.318 e. The van der Waals surface area contributed by atoms with Crippen LogP contribution in [0, 0.1) is 5.92 Å². The molecule has 5 heteroatoms. The summed E-state index contributed by atoms with van der Waals surface area (Å²) in [5, 5.41) is 5.04. The molecule has 2 atom stereocenters. The second-order valence-electron chi connectivity index (χ2n) is 3.50. The van der Waals surface area contributed by atoms with Crippen LogP contribution in [0.4, 0.5) is 4.79 Å². The molecule has 0 aliphatic rings. The molecule has 0 aromatic heterocycles. The van der Waals surface area contributed by atoms with E-state index in [-0.39, 0.29) is 5.91 Å². The summed E-state index contributed by atoms with van der Waals surface area (Å²) in [5.41, 5.74) is 4.81. The Hall–Kier alpha value is -1.10. The average molecular weight is 201 g/mol. The lowest BCUT2D eigenvalue weighted by Crippen LogP contribution is -2.47. The van der Waals surface area contributed by atoms with E-state index in [1.54, 1.807) is 6.92 Å². The van der Waals surface area contributed by atoms with Crippen LogP contribution in [0.2, 0.25) is 0 Å². The van der Waals surface area contributed by atoms with Gasteiger partial charge in [0, 0.05) is 0 Å². The molecule has 0 saturated heterocycles. The minimum Gasteiger partial charge on any atom is -0.351 e. The Bertz CT molecular complexity index is 206. The number of hydrogen-bond donors (Lipinski definition) is 3. The fourth-order valence-corrected chi connectivity index (χ4v) is 0.845. The van der Waals surface area contributed by atoms with Gasteiger partial charge in [0.05, 0.1) is 6.04 Å². The molecule has 2 unspecified atom stereocenters. The zero-order chi connectivity index (χ0) is 11.1. The maximum absolute atomic E-state index is 11.2. The van der Waals surface area contributed by atoms with E-state index in [4.69, 9.17) is 5.73 Å². The summed E-state index contributed by atoms with van der Waals surface area (Å²) in [6, 6.07) is -1.20. The molecule has 0 heterocycles. The summed E-state index contributed by atoms with van der Waals surface area (Å²) >= 11 is 0. The van der Waals surface area contributed by atoms with E-state index in [1.807, 2.05) is 5.32 Å². The van der Waals surface area contributed by atoms with E-state index >= 15 is 0 Å². The number of amides is 3. The summed E-state index contributed by atoms with van der Waals surface area (Å²) in [5.74, 6) is 0.125. The minimum atomic E-state index is -0.813. The van der Waals surface area contributed by atoms with Crippen molar-refractivity contribution in [2.24, 2.45) is 11.7 Å². The van der Waals surface area contributed by atoms with Gasteiger partial charge in [-0.05, 0) is 19.4 Å². The van der Waals surface area contributed by atoms with Crippen molar-refractivity contribution >= 4 is 11.9 Å². The molecule has 14 heavy (non-hydrogen) atoms. The lowest BCUT2D eigenvalue weighted by Gasteiger charge is -2.15. The average Bonchev–Trinajstić information content (AvgIpc) is 2.12. The third-order valence-corrected chi connectivity index (χ3v) is 2.11. The highest BCUT2D eigenvalue weighted by Crippen LogP contribution is 1.97. The first-order chi connectivity index (χ1) is 6.47. The Morgan fingerprint density at radius 2 is 1.93 bits per heavy atom. The van der Waals surface area contributed by atoms with Crippen molar-refractivity contribution in [3.05, 3.63) is 0 Å². The number of imide groups is 1. The van der Waals surface area contributed by atoms with Crippen LogP contribution in [0.5, 0.6) is 0 Å². The molecule has 0 aliphatic carbocycles. The van der Waals surface area contributed by atoms with E-state index in [9.17, 15) is 9.59 Å². The van der Waals surface area contributed by atoms with Crippen LogP contribution in [0.1, 0.15) is 27.2 Å². The number of carbonyl (C=O) groups excluding carboxylic acids is 2. The quantitative estimate of drug-likeness (QED) is 0.594. The number of hydrogen-bond acceptors (Lipinski definition) is 3. The number of nitrogens with one attached hydrogen (secondary N) is 2. The highest BCUT2D eigenvalue weighted by molar-refractivity contribution is 5.96. The van der Waals surface area contributed by atoms with E-state index in [1.165, 1.54) is 0 Å². The van der Waals surface area contributed by atoms with Gasteiger partial charge in [-0.25, -0.2) is 4.79 Å². The van der Waals surface area contributed by atoms with Crippen LogP contribution in [-0.4, -0.2) is 24.5 Å². The van der Waals surface area contributed by atoms with Gasteiger partial charge < -0.3 is 11.1 Å². The number of rotatable bonds is 5. The van der Waals surface area contributed by atoms with Crippen molar-refractivity contribution in [2.45, 2.75) is 33.2 Å². The largest absolute Gasteiger partial charge is 0.351 e. The molecule has 0 saturated carbocycles. The van der Waals surface area contributed by atoms with Crippen LogP contribution < -0.4 is 16.4 Å². The van der Waals surface area contributed by atoms with Crippen molar-refractivity contribution in [2.75, 3.05) is 6.54 Å². The molecule has 0 spiro atoms. The van der Waals surface area contributed by atoms with Gasteiger partial charge in [-0.15, -0.1) is 0 Å². The first-order valence-corrected chi connectivity index (χ1v) is 4.81. The van der Waals surface area contributed by atoms with E-state index in [0.717, 1.165) is 13.0 Å². The van der Waals surface area contributed by atoms with Gasteiger partial charge in [0.1, 0.15) is 0 Å². The van der Waals surface area contributed by atoms with Crippen LogP contribution in [0.15, 0.2) is 0 Å². The maximum Gasteiger partial charge on any atom is 0.318 e. The lowest BCUT2D eigenvalue weighted by molar-refractivity contribution is -0.121. The molecular weight excluding hydrogens is 182 g/mol. The van der Waals surface area contributed by atoms with Crippen LogP contribution in [0.25, 0.3) is 0 Å². The molecular formula is C9H19N3O2. The summed E-state index contributed by atoms with van der Waals surface area (Å²) in [4.78, 5) is 21.6. The molecule has 82 valence electrons. The van der Waals surface area contributed by atoms with Gasteiger partial charge in [0.25, 0.3) is 0 Å². The normalized spacial score (nSPS) is 14.5. The second kappa shape index (κ2) is 6.37. The number of primary amides is 1. The third kappa shape index (κ3) is 5.53. The highest BCUT2D eigenvalue weighted by atomic mass is 16.2. The Morgan fingerprint density at radius 3 is 2.36 bits per heavy atom. The van der Waals surface area contributed by atoms with E-state index in [0.29, 0.717) is 5.92 Å². The van der Waals surface area contributed by atoms with Gasteiger partial charge in [0.15, 0.2) is 0 Å². The Morgan fingerprint density at radius 1 is 1.36 bits per heavy atom. The van der Waals surface area contributed by atoms with Crippen molar-refractivity contribution in [3.63, 3.8) is 0 Å². The molecule has 0 aromatic rings. The minimum absolute atomic E-state index is 0.388. The van der Waals surface area contributed by atoms with Gasteiger partial charge in [-0.3, -0.25) is 10.1 Å². The van der Waals surface area contributed by atoms with Gasteiger partial charge >= 0.3 is 6.03 Å². The topological polar surface area (TPSA) is 84.2 Å². The van der Waals surface area contributed by atoms with Crippen LogP contribution >= 0.6 is 0 Å². The van der Waals surface area contributed by atoms with Crippen molar-refractivity contribution in [1.82, 2.24) is 10.6 Å². The summed E-state index contributed by atoms with van der Waals surface area (Å²) in [6.07, 6.45) is 1.05. The maximum atomic E-state index is 11.2. The molecule has 0 fully saturated rings. The third-order valence-electron chi connectivity index (χ3n) is 2.11. The predicted molar refractivity (Wildman–Crippen MR) is 54.6 cm³/mol.